The summed E-state index contributed by atoms with van der Waals surface area (Å²) < 4.78 is 0. The first kappa shape index (κ1) is 15.0. The fourth-order valence-corrected chi connectivity index (χ4v) is 3.07. The highest BCUT2D eigenvalue weighted by molar-refractivity contribution is 5.79. The maximum Gasteiger partial charge on any atom is 0.223 e. The number of carbonyl (C=O) groups excluding carboxylic acids is 1. The molecule has 0 unspecified atom stereocenters. The van der Waals surface area contributed by atoms with Crippen molar-refractivity contribution < 1.29 is 4.79 Å². The first-order valence-corrected chi connectivity index (χ1v) is 8.16. The third kappa shape index (κ3) is 3.47. The topological polar surface area (TPSA) is 69.8 Å². The molecule has 0 bridgehead atoms. The quantitative estimate of drug-likeness (QED) is 0.808. The molecule has 5 heteroatoms. The summed E-state index contributed by atoms with van der Waals surface area (Å²) in [6, 6.07) is 6.13. The first-order valence-electron chi connectivity index (χ1n) is 8.16. The summed E-state index contributed by atoms with van der Waals surface area (Å²) in [5.74, 6) is 1.29. The number of aromatic amines is 1. The lowest BCUT2D eigenvalue weighted by Gasteiger charge is -2.13. The smallest absolute Gasteiger partial charge is 0.223 e. The van der Waals surface area contributed by atoms with Gasteiger partial charge in [0.05, 0.1) is 11.0 Å². The third-order valence-corrected chi connectivity index (χ3v) is 4.37. The van der Waals surface area contributed by atoms with E-state index in [2.05, 4.69) is 33.6 Å². The van der Waals surface area contributed by atoms with Gasteiger partial charge in [-0.15, -0.1) is 0 Å². The Bertz CT molecular complexity index is 641. The number of hydrogen-bond donors (Lipinski definition) is 3. The van der Waals surface area contributed by atoms with Crippen LogP contribution >= 0.6 is 0 Å². The molecule has 1 amide bonds. The number of fused-ring (bicyclic) bond motifs is 1. The summed E-state index contributed by atoms with van der Waals surface area (Å²) in [4.78, 5) is 20.1. The number of H-pyrrole nitrogens is 1. The number of para-hydroxylation sites is 1. The maximum absolute atomic E-state index is 12.2. The number of hydrogen-bond acceptors (Lipinski definition) is 3. The Morgan fingerprint density at radius 2 is 2.27 bits per heavy atom. The van der Waals surface area contributed by atoms with Crippen molar-refractivity contribution in [3.05, 3.63) is 29.6 Å². The molecule has 0 saturated carbocycles. The average Bonchev–Trinajstić information content (AvgIpc) is 2.75. The molecule has 0 spiro atoms. The normalized spacial score (nSPS) is 19.0. The molecule has 3 rings (SSSR count). The van der Waals surface area contributed by atoms with Gasteiger partial charge < -0.3 is 15.6 Å². The highest BCUT2D eigenvalue weighted by atomic mass is 16.1. The molecule has 2 heterocycles. The van der Waals surface area contributed by atoms with Crippen molar-refractivity contribution in [2.75, 3.05) is 19.6 Å². The van der Waals surface area contributed by atoms with E-state index in [4.69, 9.17) is 0 Å². The summed E-state index contributed by atoms with van der Waals surface area (Å²) in [6.45, 7) is 4.68. The molecule has 0 aliphatic carbocycles. The number of amides is 1. The summed E-state index contributed by atoms with van der Waals surface area (Å²) in [7, 11) is 0. The lowest BCUT2D eigenvalue weighted by Crippen LogP contribution is -2.32. The lowest BCUT2D eigenvalue weighted by molar-refractivity contribution is -0.125. The Labute approximate surface area is 130 Å². The lowest BCUT2D eigenvalue weighted by atomic mass is 10.00. The largest absolute Gasteiger partial charge is 0.355 e. The van der Waals surface area contributed by atoms with E-state index in [1.165, 1.54) is 5.56 Å². The van der Waals surface area contributed by atoms with Gasteiger partial charge >= 0.3 is 0 Å². The maximum atomic E-state index is 12.2. The van der Waals surface area contributed by atoms with Crippen LogP contribution in [0, 0.1) is 12.8 Å². The molecule has 1 saturated heterocycles. The molecule has 0 radical (unpaired) electrons. The van der Waals surface area contributed by atoms with Crippen molar-refractivity contribution >= 4 is 16.9 Å². The zero-order valence-corrected chi connectivity index (χ0v) is 13.1. The van der Waals surface area contributed by atoms with Gasteiger partial charge in [0.15, 0.2) is 0 Å². The van der Waals surface area contributed by atoms with Crippen molar-refractivity contribution in [3.8, 4) is 0 Å². The summed E-state index contributed by atoms with van der Waals surface area (Å²) >= 11 is 0. The Morgan fingerprint density at radius 1 is 1.36 bits per heavy atom. The van der Waals surface area contributed by atoms with E-state index in [1.807, 2.05) is 12.1 Å². The highest BCUT2D eigenvalue weighted by Crippen LogP contribution is 2.16. The van der Waals surface area contributed by atoms with Gasteiger partial charge in [0.25, 0.3) is 0 Å². The van der Waals surface area contributed by atoms with Crippen LogP contribution in [0.25, 0.3) is 11.0 Å². The van der Waals surface area contributed by atoms with Gasteiger partial charge in [0.1, 0.15) is 5.82 Å². The van der Waals surface area contributed by atoms with E-state index in [9.17, 15) is 4.79 Å². The summed E-state index contributed by atoms with van der Waals surface area (Å²) in [5, 5.41) is 6.40. The van der Waals surface area contributed by atoms with E-state index in [0.717, 1.165) is 55.6 Å². The molecule has 118 valence electrons. The van der Waals surface area contributed by atoms with Crippen molar-refractivity contribution in [1.82, 2.24) is 20.6 Å². The predicted molar refractivity (Wildman–Crippen MR) is 87.8 cm³/mol. The number of nitrogens with zero attached hydrogens (tertiary/aromatic N) is 1. The van der Waals surface area contributed by atoms with Crippen molar-refractivity contribution in [2.24, 2.45) is 5.92 Å². The fraction of sp³-hybridized carbons (Fsp3) is 0.529. The van der Waals surface area contributed by atoms with Crippen LogP contribution in [0.2, 0.25) is 0 Å². The molecule has 22 heavy (non-hydrogen) atoms. The Hall–Kier alpha value is -1.88. The fourth-order valence-electron chi connectivity index (χ4n) is 3.07. The Balaban J connectivity index is 1.53. The number of benzene rings is 1. The van der Waals surface area contributed by atoms with Crippen LogP contribution < -0.4 is 10.6 Å². The summed E-state index contributed by atoms with van der Waals surface area (Å²) in [5.41, 5.74) is 3.27. The second-order valence-corrected chi connectivity index (χ2v) is 6.07. The van der Waals surface area contributed by atoms with E-state index in [-0.39, 0.29) is 11.8 Å². The summed E-state index contributed by atoms with van der Waals surface area (Å²) in [6.07, 6.45) is 3.75. The van der Waals surface area contributed by atoms with E-state index >= 15 is 0 Å². The van der Waals surface area contributed by atoms with Crippen LogP contribution in [0.15, 0.2) is 18.2 Å². The zero-order chi connectivity index (χ0) is 15.4. The second-order valence-electron chi connectivity index (χ2n) is 6.07. The van der Waals surface area contributed by atoms with Crippen molar-refractivity contribution in [1.29, 1.82) is 0 Å². The van der Waals surface area contributed by atoms with E-state index < -0.39 is 0 Å². The first-order chi connectivity index (χ1) is 10.7. The number of nitrogens with one attached hydrogen (secondary N) is 3. The van der Waals surface area contributed by atoms with Gasteiger partial charge in [-0.2, -0.15) is 0 Å². The van der Waals surface area contributed by atoms with Crippen LogP contribution in [0.1, 0.15) is 30.7 Å². The number of imidazole rings is 1. The minimum Gasteiger partial charge on any atom is -0.355 e. The number of rotatable bonds is 4. The SMILES string of the molecule is Cc1cccc2[nH]c(CCNC(=O)[C@@H]3CCCNCC3)nc12. The standard InChI is InChI=1S/C17H24N4O/c1-12-4-2-6-14-16(12)21-15(20-14)8-11-19-17(22)13-5-3-9-18-10-7-13/h2,4,6,13,18H,3,5,7-11H2,1H3,(H,19,22)(H,20,21)/t13-/m1/s1. The molecular weight excluding hydrogens is 276 g/mol. The van der Waals surface area contributed by atoms with Crippen LogP contribution in [-0.2, 0) is 11.2 Å². The molecule has 1 aliphatic rings. The van der Waals surface area contributed by atoms with Gasteiger partial charge in [-0.25, -0.2) is 4.98 Å². The Morgan fingerprint density at radius 3 is 3.14 bits per heavy atom. The number of aromatic nitrogens is 2. The second kappa shape index (κ2) is 6.92. The van der Waals surface area contributed by atoms with Gasteiger partial charge in [-0.3, -0.25) is 4.79 Å². The van der Waals surface area contributed by atoms with Crippen LogP contribution in [0.3, 0.4) is 0 Å². The third-order valence-electron chi connectivity index (χ3n) is 4.37. The zero-order valence-electron chi connectivity index (χ0n) is 13.1. The molecule has 1 fully saturated rings. The van der Waals surface area contributed by atoms with Crippen molar-refractivity contribution in [3.63, 3.8) is 0 Å². The average molecular weight is 300 g/mol. The molecule has 3 N–H and O–H groups in total. The Kier molecular flexibility index (Phi) is 4.73. The molecule has 1 atom stereocenters. The van der Waals surface area contributed by atoms with Crippen LogP contribution in [0.5, 0.6) is 0 Å². The monoisotopic (exact) mass is 300 g/mol. The molecular formula is C17H24N4O. The molecule has 1 aromatic carbocycles. The number of carbonyl (C=O) groups is 1. The minimum atomic E-state index is 0.160. The predicted octanol–water partition coefficient (Wildman–Crippen LogP) is 1.92. The molecule has 5 nitrogen and oxygen atoms in total. The molecule has 1 aliphatic heterocycles. The van der Waals surface area contributed by atoms with Gasteiger partial charge in [-0.05, 0) is 50.9 Å². The number of aryl methyl sites for hydroxylation is 1. The van der Waals surface area contributed by atoms with Gasteiger partial charge in [-0.1, -0.05) is 12.1 Å². The van der Waals surface area contributed by atoms with E-state index in [1.54, 1.807) is 0 Å². The highest BCUT2D eigenvalue weighted by Gasteiger charge is 2.19. The van der Waals surface area contributed by atoms with Crippen LogP contribution in [-0.4, -0.2) is 35.5 Å². The van der Waals surface area contributed by atoms with Crippen molar-refractivity contribution in [2.45, 2.75) is 32.6 Å². The van der Waals surface area contributed by atoms with Gasteiger partial charge in [0.2, 0.25) is 5.91 Å². The van der Waals surface area contributed by atoms with E-state index in [0.29, 0.717) is 6.54 Å². The van der Waals surface area contributed by atoms with Crippen LogP contribution in [0.4, 0.5) is 0 Å². The minimum absolute atomic E-state index is 0.160. The van der Waals surface area contributed by atoms with Gasteiger partial charge in [0, 0.05) is 18.9 Å². The molecule has 2 aromatic rings. The molecule has 1 aromatic heterocycles.